The third-order valence-corrected chi connectivity index (χ3v) is 4.22. The summed E-state index contributed by atoms with van der Waals surface area (Å²) in [7, 11) is 0. The van der Waals surface area contributed by atoms with E-state index >= 15 is 0 Å². The van der Waals surface area contributed by atoms with E-state index in [0.29, 0.717) is 27.2 Å². The number of benzene rings is 1. The predicted molar refractivity (Wildman–Crippen MR) is 92.6 cm³/mol. The largest absolute Gasteiger partial charge is 0.490 e. The lowest BCUT2D eigenvalue weighted by molar-refractivity contribution is -0.139. The van der Waals surface area contributed by atoms with E-state index in [1.54, 1.807) is 25.1 Å². The van der Waals surface area contributed by atoms with Crippen LogP contribution >= 0.6 is 34.4 Å². The zero-order chi connectivity index (χ0) is 17.0. The molecular formula is C14H12INO6S. The number of carboxylic acids is 1. The van der Waals surface area contributed by atoms with E-state index in [0.717, 1.165) is 11.8 Å². The van der Waals surface area contributed by atoms with E-state index in [9.17, 15) is 14.4 Å². The van der Waals surface area contributed by atoms with Crippen molar-refractivity contribution in [2.45, 2.75) is 6.92 Å². The minimum atomic E-state index is -1.09. The van der Waals surface area contributed by atoms with Crippen LogP contribution in [0.5, 0.6) is 11.5 Å². The highest BCUT2D eigenvalue weighted by Gasteiger charge is 2.25. The topological polar surface area (TPSA) is 102 Å². The molecule has 2 rings (SSSR count). The molecule has 0 spiro atoms. The molecule has 0 unspecified atom stereocenters. The highest BCUT2D eigenvalue weighted by Crippen LogP contribution is 2.36. The van der Waals surface area contributed by atoms with Crippen LogP contribution in [0.25, 0.3) is 6.08 Å². The molecule has 1 fully saturated rings. The molecule has 2 N–H and O–H groups in total. The van der Waals surface area contributed by atoms with Gasteiger partial charge in [0.2, 0.25) is 0 Å². The molecule has 0 atom stereocenters. The number of carbonyl (C=O) groups excluding carboxylic acids is 2. The average molecular weight is 449 g/mol. The first-order valence-electron chi connectivity index (χ1n) is 6.46. The summed E-state index contributed by atoms with van der Waals surface area (Å²) in [6.45, 7) is 1.68. The maximum absolute atomic E-state index is 11.6. The Hall–Kier alpha value is -1.75. The second-order valence-electron chi connectivity index (χ2n) is 4.30. The molecule has 1 saturated heterocycles. The maximum Gasteiger partial charge on any atom is 0.341 e. The van der Waals surface area contributed by atoms with Gasteiger partial charge in [0.05, 0.1) is 15.1 Å². The number of ether oxygens (including phenoxy) is 2. The number of rotatable bonds is 6. The van der Waals surface area contributed by atoms with Crippen molar-refractivity contribution in [1.29, 1.82) is 0 Å². The molecule has 0 radical (unpaired) electrons. The Labute approximate surface area is 149 Å². The van der Waals surface area contributed by atoms with Gasteiger partial charge in [0.15, 0.2) is 18.1 Å². The summed E-state index contributed by atoms with van der Waals surface area (Å²) < 4.78 is 11.4. The molecule has 0 saturated carbocycles. The second kappa shape index (κ2) is 7.68. The van der Waals surface area contributed by atoms with Crippen molar-refractivity contribution >= 4 is 57.5 Å². The first-order valence-corrected chi connectivity index (χ1v) is 8.36. The third kappa shape index (κ3) is 4.61. The van der Waals surface area contributed by atoms with Crippen molar-refractivity contribution in [1.82, 2.24) is 5.32 Å². The Balaban J connectivity index is 2.35. The fourth-order valence-corrected chi connectivity index (χ4v) is 3.24. The number of imide groups is 1. The molecular weight excluding hydrogens is 437 g/mol. The van der Waals surface area contributed by atoms with Crippen molar-refractivity contribution < 1.29 is 29.0 Å². The molecule has 0 aromatic heterocycles. The Morgan fingerprint density at radius 3 is 2.70 bits per heavy atom. The number of hydrogen-bond acceptors (Lipinski definition) is 6. The van der Waals surface area contributed by atoms with Crippen LogP contribution in [-0.4, -0.2) is 35.4 Å². The summed E-state index contributed by atoms with van der Waals surface area (Å²) in [5.41, 5.74) is 0.646. The lowest BCUT2D eigenvalue weighted by Crippen LogP contribution is -2.17. The van der Waals surface area contributed by atoms with E-state index in [1.165, 1.54) is 0 Å². The number of aliphatic carboxylic acids is 1. The Morgan fingerprint density at radius 1 is 1.39 bits per heavy atom. The van der Waals surface area contributed by atoms with Gasteiger partial charge in [-0.2, -0.15) is 0 Å². The van der Waals surface area contributed by atoms with Gasteiger partial charge in [-0.25, -0.2) is 4.79 Å². The fraction of sp³-hybridized carbons (Fsp3) is 0.214. The van der Waals surface area contributed by atoms with Gasteiger partial charge in [-0.05, 0) is 65.0 Å². The van der Waals surface area contributed by atoms with Crippen LogP contribution in [0.3, 0.4) is 0 Å². The smallest absolute Gasteiger partial charge is 0.341 e. The van der Waals surface area contributed by atoms with Crippen LogP contribution in [0.2, 0.25) is 0 Å². The van der Waals surface area contributed by atoms with Gasteiger partial charge in [-0.3, -0.25) is 14.9 Å². The molecule has 9 heteroatoms. The van der Waals surface area contributed by atoms with Crippen molar-refractivity contribution in [2.75, 3.05) is 13.2 Å². The number of hydrogen-bond donors (Lipinski definition) is 2. The Bertz CT molecular complexity index is 703. The van der Waals surface area contributed by atoms with Gasteiger partial charge >= 0.3 is 5.97 Å². The highest BCUT2D eigenvalue weighted by atomic mass is 127. The number of nitrogens with one attached hydrogen (secondary N) is 1. The van der Waals surface area contributed by atoms with E-state index in [1.807, 2.05) is 22.6 Å². The summed E-state index contributed by atoms with van der Waals surface area (Å²) in [6, 6.07) is 3.34. The van der Waals surface area contributed by atoms with Gasteiger partial charge in [-0.1, -0.05) is 0 Å². The van der Waals surface area contributed by atoms with E-state index in [-0.39, 0.29) is 4.91 Å². The lowest BCUT2D eigenvalue weighted by Gasteiger charge is -2.13. The van der Waals surface area contributed by atoms with Crippen molar-refractivity contribution in [3.8, 4) is 11.5 Å². The van der Waals surface area contributed by atoms with Crippen LogP contribution in [0, 0.1) is 3.57 Å². The summed E-state index contributed by atoms with van der Waals surface area (Å²) >= 11 is 2.81. The lowest BCUT2D eigenvalue weighted by atomic mass is 10.2. The number of carboxylic acid groups (broad SMARTS) is 1. The molecule has 2 amide bonds. The number of thioether (sulfide) groups is 1. The average Bonchev–Trinajstić information content (AvgIpc) is 2.76. The molecule has 122 valence electrons. The van der Waals surface area contributed by atoms with Gasteiger partial charge in [-0.15, -0.1) is 0 Å². The minimum Gasteiger partial charge on any atom is -0.490 e. The van der Waals surface area contributed by atoms with E-state index in [2.05, 4.69) is 5.32 Å². The summed E-state index contributed by atoms with van der Waals surface area (Å²) in [5, 5.41) is 10.5. The predicted octanol–water partition coefficient (Wildman–Crippen LogP) is 2.48. The first kappa shape index (κ1) is 17.6. The fourth-order valence-electron chi connectivity index (χ4n) is 1.78. The molecule has 1 aromatic rings. The van der Waals surface area contributed by atoms with Gasteiger partial charge in [0.25, 0.3) is 11.1 Å². The standard InChI is InChI=1S/C14H12INO6S/c1-2-21-9-4-7(5-10-13(19)16-14(20)23-10)3-8(15)12(9)22-6-11(17)18/h3-5H,2,6H2,1H3,(H,17,18)(H,16,19,20)/b10-5-. The number of amides is 2. The molecule has 0 bridgehead atoms. The molecule has 1 aromatic carbocycles. The first-order chi connectivity index (χ1) is 10.9. The second-order valence-corrected chi connectivity index (χ2v) is 6.47. The monoisotopic (exact) mass is 449 g/mol. The number of carbonyl (C=O) groups is 3. The zero-order valence-corrected chi connectivity index (χ0v) is 14.9. The van der Waals surface area contributed by atoms with Crippen molar-refractivity contribution in [3.05, 3.63) is 26.2 Å². The van der Waals surface area contributed by atoms with E-state index < -0.39 is 23.7 Å². The minimum absolute atomic E-state index is 0.285. The SMILES string of the molecule is CCOc1cc(/C=C2\SC(=O)NC2=O)cc(I)c1OCC(=O)O. The van der Waals surface area contributed by atoms with Crippen LogP contribution < -0.4 is 14.8 Å². The van der Waals surface area contributed by atoms with Crippen molar-refractivity contribution in [3.63, 3.8) is 0 Å². The van der Waals surface area contributed by atoms with E-state index in [4.69, 9.17) is 14.6 Å². The summed E-state index contributed by atoms with van der Waals surface area (Å²) in [4.78, 5) is 33.7. The molecule has 1 heterocycles. The van der Waals surface area contributed by atoms with Crippen LogP contribution in [0.15, 0.2) is 17.0 Å². The Morgan fingerprint density at radius 2 is 2.13 bits per heavy atom. The van der Waals surface area contributed by atoms with Crippen molar-refractivity contribution in [2.24, 2.45) is 0 Å². The summed E-state index contributed by atoms with van der Waals surface area (Å²) in [5.74, 6) is -0.829. The van der Waals surface area contributed by atoms with Crippen LogP contribution in [0.4, 0.5) is 4.79 Å². The summed E-state index contributed by atoms with van der Waals surface area (Å²) in [6.07, 6.45) is 1.57. The maximum atomic E-state index is 11.6. The van der Waals surface area contributed by atoms with Gasteiger partial charge in [0.1, 0.15) is 0 Å². The normalized spacial score (nSPS) is 15.7. The molecule has 1 aliphatic heterocycles. The molecule has 1 aliphatic rings. The molecule has 7 nitrogen and oxygen atoms in total. The zero-order valence-electron chi connectivity index (χ0n) is 11.9. The van der Waals surface area contributed by atoms with Gasteiger partial charge in [0, 0.05) is 0 Å². The third-order valence-electron chi connectivity index (χ3n) is 2.61. The van der Waals surface area contributed by atoms with Crippen LogP contribution in [0.1, 0.15) is 12.5 Å². The van der Waals surface area contributed by atoms with Gasteiger partial charge < -0.3 is 14.6 Å². The Kier molecular flexibility index (Phi) is 5.88. The van der Waals surface area contributed by atoms with Crippen LogP contribution in [-0.2, 0) is 9.59 Å². The molecule has 23 heavy (non-hydrogen) atoms. The molecule has 0 aliphatic carbocycles. The highest BCUT2D eigenvalue weighted by molar-refractivity contribution is 14.1. The quantitative estimate of drug-likeness (QED) is 0.508. The number of halogens is 1.